The Hall–Kier alpha value is -0.820. The van der Waals surface area contributed by atoms with Gasteiger partial charge in [-0.3, -0.25) is 4.99 Å². The average Bonchev–Trinajstić information content (AvgIpc) is 3.03. The van der Waals surface area contributed by atoms with Crippen molar-refractivity contribution < 1.29 is 8.42 Å². The summed E-state index contributed by atoms with van der Waals surface area (Å²) in [6.45, 7) is 6.14. The van der Waals surface area contributed by atoms with Crippen molar-refractivity contribution in [2.75, 3.05) is 39.5 Å². The summed E-state index contributed by atoms with van der Waals surface area (Å²) >= 11 is 0. The second-order valence-electron chi connectivity index (χ2n) is 6.49. The van der Waals surface area contributed by atoms with E-state index in [1.54, 1.807) is 21.0 Å². The molecule has 1 aliphatic carbocycles. The predicted molar refractivity (Wildman–Crippen MR) is 97.3 cm³/mol. The zero-order valence-corrected chi connectivity index (χ0v) is 16.0. The second-order valence-corrected chi connectivity index (χ2v) is 8.85. The highest BCUT2D eigenvalue weighted by atomic mass is 32.2. The van der Waals surface area contributed by atoms with Gasteiger partial charge in [-0.05, 0) is 38.0 Å². The van der Waals surface area contributed by atoms with Gasteiger partial charge in [0.15, 0.2) is 5.96 Å². The molecule has 1 aliphatic rings. The van der Waals surface area contributed by atoms with Crippen LogP contribution in [-0.2, 0) is 10.0 Å². The first kappa shape index (κ1) is 20.2. The SMILES string of the molecule is CCC1(CNC(=NC)NCCCN(C)S(=O)(=O)CC)CCCC1. The molecule has 2 N–H and O–H groups in total. The van der Waals surface area contributed by atoms with Gasteiger partial charge in [0.25, 0.3) is 0 Å². The van der Waals surface area contributed by atoms with Crippen molar-refractivity contribution >= 4 is 16.0 Å². The van der Waals surface area contributed by atoms with Gasteiger partial charge in [0, 0.05) is 33.7 Å². The molecule has 0 spiro atoms. The van der Waals surface area contributed by atoms with E-state index in [1.165, 1.54) is 36.4 Å². The monoisotopic (exact) mass is 346 g/mol. The molecule has 6 nitrogen and oxygen atoms in total. The van der Waals surface area contributed by atoms with Crippen LogP contribution in [0.15, 0.2) is 4.99 Å². The van der Waals surface area contributed by atoms with Crippen LogP contribution in [-0.4, -0.2) is 58.2 Å². The predicted octanol–water partition coefficient (Wildman–Crippen LogP) is 1.79. The first-order valence-electron chi connectivity index (χ1n) is 8.77. The molecule has 136 valence electrons. The van der Waals surface area contributed by atoms with Gasteiger partial charge in [0.1, 0.15) is 0 Å². The Bertz CT molecular complexity index is 470. The molecular weight excluding hydrogens is 312 g/mol. The summed E-state index contributed by atoms with van der Waals surface area (Å²) in [4.78, 5) is 4.26. The van der Waals surface area contributed by atoms with Crippen LogP contribution in [0, 0.1) is 5.41 Å². The van der Waals surface area contributed by atoms with Gasteiger partial charge < -0.3 is 10.6 Å². The minimum absolute atomic E-state index is 0.152. The average molecular weight is 347 g/mol. The molecule has 0 atom stereocenters. The van der Waals surface area contributed by atoms with Gasteiger partial charge in [-0.25, -0.2) is 12.7 Å². The number of rotatable bonds is 9. The van der Waals surface area contributed by atoms with E-state index >= 15 is 0 Å². The summed E-state index contributed by atoms with van der Waals surface area (Å²) in [5.74, 6) is 0.963. The molecule has 0 saturated heterocycles. The van der Waals surface area contributed by atoms with Gasteiger partial charge in [-0.15, -0.1) is 0 Å². The molecule has 23 heavy (non-hydrogen) atoms. The Morgan fingerprint density at radius 1 is 1.22 bits per heavy atom. The van der Waals surface area contributed by atoms with Crippen LogP contribution in [0.4, 0.5) is 0 Å². The van der Waals surface area contributed by atoms with E-state index in [0.717, 1.165) is 18.9 Å². The van der Waals surface area contributed by atoms with Crippen LogP contribution in [0.1, 0.15) is 52.4 Å². The van der Waals surface area contributed by atoms with Crippen molar-refractivity contribution in [2.24, 2.45) is 10.4 Å². The third-order valence-corrected chi connectivity index (χ3v) is 6.91. The molecule has 0 radical (unpaired) electrons. The van der Waals surface area contributed by atoms with Crippen LogP contribution in [0.25, 0.3) is 0 Å². The van der Waals surface area contributed by atoms with Gasteiger partial charge in [-0.1, -0.05) is 19.8 Å². The highest BCUT2D eigenvalue weighted by Gasteiger charge is 2.31. The lowest BCUT2D eigenvalue weighted by atomic mass is 9.83. The summed E-state index contributed by atoms with van der Waals surface area (Å²) in [5.41, 5.74) is 0.424. The molecule has 0 aromatic heterocycles. The van der Waals surface area contributed by atoms with Crippen molar-refractivity contribution in [1.29, 1.82) is 0 Å². The van der Waals surface area contributed by atoms with Gasteiger partial charge in [0.05, 0.1) is 5.75 Å². The van der Waals surface area contributed by atoms with E-state index in [9.17, 15) is 8.42 Å². The van der Waals surface area contributed by atoms with E-state index < -0.39 is 10.0 Å². The van der Waals surface area contributed by atoms with Crippen molar-refractivity contribution in [1.82, 2.24) is 14.9 Å². The lowest BCUT2D eigenvalue weighted by molar-refractivity contribution is 0.283. The summed E-state index contributed by atoms with van der Waals surface area (Å²) in [6.07, 6.45) is 7.23. The highest BCUT2D eigenvalue weighted by molar-refractivity contribution is 7.89. The van der Waals surface area contributed by atoms with Crippen LogP contribution >= 0.6 is 0 Å². The summed E-state index contributed by atoms with van der Waals surface area (Å²) in [7, 11) is 0.332. The summed E-state index contributed by atoms with van der Waals surface area (Å²) < 4.78 is 24.8. The number of hydrogen-bond acceptors (Lipinski definition) is 3. The standard InChI is InChI=1S/C16H34N4O2S/c1-5-16(10-7-8-11-16)14-19-15(17-3)18-12-9-13-20(4)23(21,22)6-2/h5-14H2,1-4H3,(H2,17,18,19). The molecular formula is C16H34N4O2S. The zero-order valence-electron chi connectivity index (χ0n) is 15.2. The minimum Gasteiger partial charge on any atom is -0.356 e. The Morgan fingerprint density at radius 3 is 2.39 bits per heavy atom. The zero-order chi connectivity index (χ0) is 17.3. The van der Waals surface area contributed by atoms with Crippen molar-refractivity contribution in [2.45, 2.75) is 52.4 Å². The fourth-order valence-electron chi connectivity index (χ4n) is 3.14. The largest absolute Gasteiger partial charge is 0.356 e. The highest BCUT2D eigenvalue weighted by Crippen LogP contribution is 2.40. The molecule has 1 rings (SSSR count). The lowest BCUT2D eigenvalue weighted by Crippen LogP contribution is -2.43. The first-order valence-corrected chi connectivity index (χ1v) is 10.4. The molecule has 0 unspecified atom stereocenters. The molecule has 0 amide bonds. The Kier molecular flexibility index (Phi) is 8.33. The summed E-state index contributed by atoms with van der Waals surface area (Å²) in [6, 6.07) is 0. The van der Waals surface area contributed by atoms with E-state index in [4.69, 9.17) is 0 Å². The Balaban J connectivity index is 2.29. The van der Waals surface area contributed by atoms with E-state index in [2.05, 4.69) is 22.5 Å². The van der Waals surface area contributed by atoms with Crippen molar-refractivity contribution in [3.8, 4) is 0 Å². The number of nitrogens with one attached hydrogen (secondary N) is 2. The van der Waals surface area contributed by atoms with Gasteiger partial charge in [-0.2, -0.15) is 0 Å². The van der Waals surface area contributed by atoms with Crippen LogP contribution in [0.2, 0.25) is 0 Å². The molecule has 1 fully saturated rings. The molecule has 0 aliphatic heterocycles. The topological polar surface area (TPSA) is 73.8 Å². The van der Waals surface area contributed by atoms with E-state index in [0.29, 0.717) is 18.5 Å². The first-order chi connectivity index (χ1) is 10.9. The van der Waals surface area contributed by atoms with E-state index in [-0.39, 0.29) is 5.75 Å². The molecule has 0 aromatic rings. The second kappa shape index (κ2) is 9.47. The molecule has 7 heteroatoms. The Labute approximate surface area is 142 Å². The molecule has 1 saturated carbocycles. The number of hydrogen-bond donors (Lipinski definition) is 2. The fraction of sp³-hybridized carbons (Fsp3) is 0.938. The molecule has 0 bridgehead atoms. The van der Waals surface area contributed by atoms with Gasteiger partial charge in [0.2, 0.25) is 10.0 Å². The maximum Gasteiger partial charge on any atom is 0.213 e. The van der Waals surface area contributed by atoms with Crippen LogP contribution in [0.5, 0.6) is 0 Å². The third kappa shape index (κ3) is 6.30. The third-order valence-electron chi connectivity index (χ3n) is 5.05. The summed E-state index contributed by atoms with van der Waals surface area (Å²) in [5, 5.41) is 6.72. The van der Waals surface area contributed by atoms with Crippen molar-refractivity contribution in [3.05, 3.63) is 0 Å². The smallest absolute Gasteiger partial charge is 0.213 e. The van der Waals surface area contributed by atoms with Crippen LogP contribution < -0.4 is 10.6 Å². The fourth-order valence-corrected chi connectivity index (χ4v) is 3.99. The maximum absolute atomic E-state index is 11.7. The lowest BCUT2D eigenvalue weighted by Gasteiger charge is -2.28. The maximum atomic E-state index is 11.7. The number of nitrogens with zero attached hydrogens (tertiary/aromatic N) is 2. The Morgan fingerprint density at radius 2 is 1.87 bits per heavy atom. The number of aliphatic imine (C=N–C) groups is 1. The van der Waals surface area contributed by atoms with E-state index in [1.807, 2.05) is 0 Å². The van der Waals surface area contributed by atoms with Gasteiger partial charge >= 0.3 is 0 Å². The van der Waals surface area contributed by atoms with Crippen LogP contribution in [0.3, 0.4) is 0 Å². The molecule has 0 heterocycles. The molecule has 0 aromatic carbocycles. The number of guanidine groups is 1. The number of sulfonamides is 1. The normalized spacial score (nSPS) is 18.4. The minimum atomic E-state index is -3.08. The van der Waals surface area contributed by atoms with Crippen molar-refractivity contribution in [3.63, 3.8) is 0 Å². The quantitative estimate of drug-likeness (QED) is 0.379.